The molecule has 1 atom stereocenters. The number of nitrogens with two attached hydrogens (primary N) is 1. The summed E-state index contributed by atoms with van der Waals surface area (Å²) in [6.07, 6.45) is 7.73. The number of aromatic nitrogens is 2. The van der Waals surface area contributed by atoms with Crippen molar-refractivity contribution in [1.82, 2.24) is 15.0 Å². The van der Waals surface area contributed by atoms with Gasteiger partial charge in [-0.3, -0.25) is 11.3 Å². The number of halogens is 1. The monoisotopic (exact) mass is 230 g/mol. The largest absolute Gasteiger partial charge is 0.338 e. The first-order chi connectivity index (χ1) is 7.27. The number of aryl methyl sites for hydroxylation is 2. The Morgan fingerprint density at radius 1 is 1.60 bits per heavy atom. The second-order valence-electron chi connectivity index (χ2n) is 3.69. The highest BCUT2D eigenvalue weighted by Gasteiger charge is 2.08. The molecule has 86 valence electrons. The van der Waals surface area contributed by atoms with Gasteiger partial charge in [0.05, 0.1) is 0 Å². The molecule has 0 saturated heterocycles. The van der Waals surface area contributed by atoms with Gasteiger partial charge < -0.3 is 4.57 Å². The standard InChI is InChI=1S/C10H19ClN4/c1-15-8-7-13-10(15)5-4-9(14-12)3-2-6-11/h7-9,14H,2-6,12H2,1H3. The fourth-order valence-electron chi connectivity index (χ4n) is 1.58. The van der Waals surface area contributed by atoms with Gasteiger partial charge in [0.25, 0.3) is 0 Å². The number of imidazole rings is 1. The van der Waals surface area contributed by atoms with E-state index in [4.69, 9.17) is 17.4 Å². The van der Waals surface area contributed by atoms with Crippen molar-refractivity contribution in [2.75, 3.05) is 5.88 Å². The number of hydrogen-bond acceptors (Lipinski definition) is 3. The summed E-state index contributed by atoms with van der Waals surface area (Å²) in [5.41, 5.74) is 2.82. The van der Waals surface area contributed by atoms with Crippen molar-refractivity contribution in [1.29, 1.82) is 0 Å². The number of rotatable bonds is 7. The van der Waals surface area contributed by atoms with E-state index in [1.807, 2.05) is 24.0 Å². The van der Waals surface area contributed by atoms with Gasteiger partial charge in [-0.2, -0.15) is 0 Å². The summed E-state index contributed by atoms with van der Waals surface area (Å²) in [5, 5.41) is 0. The average Bonchev–Trinajstić information content (AvgIpc) is 2.65. The van der Waals surface area contributed by atoms with Crippen molar-refractivity contribution in [2.45, 2.75) is 31.7 Å². The van der Waals surface area contributed by atoms with Crippen molar-refractivity contribution in [3.05, 3.63) is 18.2 Å². The molecule has 4 nitrogen and oxygen atoms in total. The molecule has 1 unspecified atom stereocenters. The molecule has 3 N–H and O–H groups in total. The van der Waals surface area contributed by atoms with Crippen LogP contribution in [0.5, 0.6) is 0 Å². The van der Waals surface area contributed by atoms with Crippen LogP contribution in [-0.4, -0.2) is 21.5 Å². The smallest absolute Gasteiger partial charge is 0.108 e. The van der Waals surface area contributed by atoms with E-state index in [2.05, 4.69) is 10.4 Å². The molecule has 0 spiro atoms. The third-order valence-corrected chi connectivity index (χ3v) is 2.83. The Morgan fingerprint density at radius 3 is 2.93 bits per heavy atom. The van der Waals surface area contributed by atoms with E-state index in [1.165, 1.54) is 0 Å². The molecule has 0 bridgehead atoms. The van der Waals surface area contributed by atoms with Crippen LogP contribution >= 0.6 is 11.6 Å². The molecule has 1 rings (SSSR count). The highest BCUT2D eigenvalue weighted by atomic mass is 35.5. The number of hydrogen-bond donors (Lipinski definition) is 2. The zero-order valence-corrected chi connectivity index (χ0v) is 9.87. The molecule has 0 aliphatic heterocycles. The Kier molecular flexibility index (Phi) is 5.68. The third-order valence-electron chi connectivity index (χ3n) is 2.56. The van der Waals surface area contributed by atoms with Gasteiger partial charge in [0.2, 0.25) is 0 Å². The molecule has 1 aromatic rings. The summed E-state index contributed by atoms with van der Waals surface area (Å²) in [4.78, 5) is 4.27. The highest BCUT2D eigenvalue weighted by Crippen LogP contribution is 2.07. The lowest BCUT2D eigenvalue weighted by molar-refractivity contribution is 0.454. The average molecular weight is 231 g/mol. The second kappa shape index (κ2) is 6.82. The number of nitrogens with zero attached hydrogens (tertiary/aromatic N) is 2. The van der Waals surface area contributed by atoms with Gasteiger partial charge >= 0.3 is 0 Å². The van der Waals surface area contributed by atoms with Crippen LogP contribution in [0.15, 0.2) is 12.4 Å². The Morgan fingerprint density at radius 2 is 2.40 bits per heavy atom. The van der Waals surface area contributed by atoms with Gasteiger partial charge in [-0.25, -0.2) is 4.98 Å². The molecule has 0 aliphatic carbocycles. The lowest BCUT2D eigenvalue weighted by Gasteiger charge is -2.14. The molecular formula is C10H19ClN4. The van der Waals surface area contributed by atoms with Crippen LogP contribution in [-0.2, 0) is 13.5 Å². The van der Waals surface area contributed by atoms with E-state index in [-0.39, 0.29) is 0 Å². The minimum Gasteiger partial charge on any atom is -0.338 e. The van der Waals surface area contributed by atoms with Gasteiger partial charge in [0, 0.05) is 37.8 Å². The maximum Gasteiger partial charge on any atom is 0.108 e. The predicted molar refractivity (Wildman–Crippen MR) is 62.6 cm³/mol. The Bertz CT molecular complexity index is 274. The maximum atomic E-state index is 5.64. The molecule has 0 aromatic carbocycles. The van der Waals surface area contributed by atoms with Crippen LogP contribution < -0.4 is 11.3 Å². The summed E-state index contributed by atoms with van der Waals surface area (Å²) in [6.45, 7) is 0. The fraction of sp³-hybridized carbons (Fsp3) is 0.700. The molecule has 0 saturated carbocycles. The van der Waals surface area contributed by atoms with Gasteiger partial charge in [0.1, 0.15) is 5.82 Å². The topological polar surface area (TPSA) is 55.9 Å². The lowest BCUT2D eigenvalue weighted by Crippen LogP contribution is -2.35. The first-order valence-electron chi connectivity index (χ1n) is 5.26. The molecule has 5 heteroatoms. The van der Waals surface area contributed by atoms with Crippen LogP contribution in [0.3, 0.4) is 0 Å². The maximum absolute atomic E-state index is 5.64. The van der Waals surface area contributed by atoms with Gasteiger partial charge in [0.15, 0.2) is 0 Å². The fourth-order valence-corrected chi connectivity index (χ4v) is 1.73. The van der Waals surface area contributed by atoms with Crippen LogP contribution in [0, 0.1) is 0 Å². The molecule has 0 fully saturated rings. The summed E-state index contributed by atoms with van der Waals surface area (Å²) in [7, 11) is 2.01. The van der Waals surface area contributed by atoms with E-state index >= 15 is 0 Å². The van der Waals surface area contributed by atoms with E-state index in [1.54, 1.807) is 0 Å². The molecule has 1 heterocycles. The van der Waals surface area contributed by atoms with E-state index in [9.17, 15) is 0 Å². The first kappa shape index (κ1) is 12.5. The molecule has 1 aromatic heterocycles. The van der Waals surface area contributed by atoms with Crippen molar-refractivity contribution in [3.8, 4) is 0 Å². The van der Waals surface area contributed by atoms with Gasteiger partial charge in [-0.15, -0.1) is 11.6 Å². The van der Waals surface area contributed by atoms with Crippen molar-refractivity contribution in [3.63, 3.8) is 0 Å². The Hall–Kier alpha value is -0.580. The van der Waals surface area contributed by atoms with Crippen LogP contribution in [0.1, 0.15) is 25.1 Å². The summed E-state index contributed by atoms with van der Waals surface area (Å²) in [5.74, 6) is 7.26. The zero-order chi connectivity index (χ0) is 11.1. The first-order valence-corrected chi connectivity index (χ1v) is 5.79. The molecule has 15 heavy (non-hydrogen) atoms. The SMILES string of the molecule is Cn1ccnc1CCC(CCCCl)NN. The zero-order valence-electron chi connectivity index (χ0n) is 9.12. The summed E-state index contributed by atoms with van der Waals surface area (Å²) < 4.78 is 2.04. The number of alkyl halides is 1. The van der Waals surface area contributed by atoms with Crippen LogP contribution in [0.4, 0.5) is 0 Å². The van der Waals surface area contributed by atoms with Crippen molar-refractivity contribution < 1.29 is 0 Å². The molecular weight excluding hydrogens is 212 g/mol. The van der Waals surface area contributed by atoms with E-state index in [0.29, 0.717) is 11.9 Å². The normalized spacial score (nSPS) is 13.0. The van der Waals surface area contributed by atoms with E-state index in [0.717, 1.165) is 31.5 Å². The minimum atomic E-state index is 0.334. The third kappa shape index (κ3) is 4.20. The van der Waals surface area contributed by atoms with Gasteiger partial charge in [-0.1, -0.05) is 0 Å². The van der Waals surface area contributed by atoms with Crippen LogP contribution in [0.25, 0.3) is 0 Å². The van der Waals surface area contributed by atoms with Crippen molar-refractivity contribution in [2.24, 2.45) is 12.9 Å². The summed E-state index contributed by atoms with van der Waals surface area (Å²) in [6, 6.07) is 0.334. The minimum absolute atomic E-state index is 0.334. The predicted octanol–water partition coefficient (Wildman–Crippen LogP) is 1.20. The highest BCUT2D eigenvalue weighted by molar-refractivity contribution is 6.17. The molecule has 0 aliphatic rings. The van der Waals surface area contributed by atoms with Crippen molar-refractivity contribution >= 4 is 11.6 Å². The number of hydrazine groups is 1. The van der Waals surface area contributed by atoms with E-state index < -0.39 is 0 Å². The molecule has 0 radical (unpaired) electrons. The summed E-state index contributed by atoms with van der Waals surface area (Å²) >= 11 is 5.64. The Labute approximate surface area is 95.8 Å². The Balaban J connectivity index is 2.31. The molecule has 0 amide bonds. The quantitative estimate of drug-likeness (QED) is 0.421. The van der Waals surface area contributed by atoms with Gasteiger partial charge in [-0.05, 0) is 19.3 Å². The lowest BCUT2D eigenvalue weighted by atomic mass is 10.1. The number of nitrogens with one attached hydrogen (secondary N) is 1. The second-order valence-corrected chi connectivity index (χ2v) is 4.07. The van der Waals surface area contributed by atoms with Crippen LogP contribution in [0.2, 0.25) is 0 Å².